The van der Waals surface area contributed by atoms with Crippen molar-refractivity contribution >= 4 is 35.8 Å². The summed E-state index contributed by atoms with van der Waals surface area (Å²) in [5.41, 5.74) is 1.99. The number of aromatic nitrogens is 1. The van der Waals surface area contributed by atoms with Crippen LogP contribution in [0, 0.1) is 0 Å². The van der Waals surface area contributed by atoms with Crippen molar-refractivity contribution in [3.05, 3.63) is 17.0 Å². The number of carbonyl (C=O) groups is 1. The summed E-state index contributed by atoms with van der Waals surface area (Å²) < 4.78 is 10.8. The molecular formula is C20H37IN6O3. The van der Waals surface area contributed by atoms with Crippen molar-refractivity contribution in [2.75, 3.05) is 60.0 Å². The average molecular weight is 536 g/mol. The van der Waals surface area contributed by atoms with Gasteiger partial charge in [-0.25, -0.2) is 4.99 Å². The Hall–Kier alpha value is -1.40. The van der Waals surface area contributed by atoms with Gasteiger partial charge in [0.25, 0.3) is 0 Å². The molecule has 1 fully saturated rings. The number of nitrogens with zero attached hydrogens (tertiary/aromatic N) is 4. The number of guanidine groups is 1. The number of ether oxygens (including phenoxy) is 1. The van der Waals surface area contributed by atoms with Gasteiger partial charge in [0.2, 0.25) is 5.91 Å². The maximum atomic E-state index is 12.0. The highest BCUT2D eigenvalue weighted by molar-refractivity contribution is 14.0. The van der Waals surface area contributed by atoms with Crippen LogP contribution in [0.3, 0.4) is 0 Å². The summed E-state index contributed by atoms with van der Waals surface area (Å²) in [5.74, 6) is 1.51. The smallest absolute Gasteiger partial charge is 0.241 e. The molecule has 0 aromatic carbocycles. The number of morpholine rings is 1. The molecule has 30 heavy (non-hydrogen) atoms. The van der Waals surface area contributed by atoms with Crippen molar-refractivity contribution in [1.29, 1.82) is 0 Å². The molecule has 10 heteroatoms. The zero-order chi connectivity index (χ0) is 21.1. The van der Waals surface area contributed by atoms with Gasteiger partial charge in [0.15, 0.2) is 5.96 Å². The van der Waals surface area contributed by atoms with Crippen LogP contribution in [0.5, 0.6) is 0 Å². The van der Waals surface area contributed by atoms with Crippen LogP contribution < -0.4 is 10.6 Å². The van der Waals surface area contributed by atoms with E-state index < -0.39 is 0 Å². The summed E-state index contributed by atoms with van der Waals surface area (Å²) in [7, 11) is 3.49. The Morgan fingerprint density at radius 3 is 2.57 bits per heavy atom. The van der Waals surface area contributed by atoms with E-state index in [-0.39, 0.29) is 36.4 Å². The van der Waals surface area contributed by atoms with E-state index in [1.165, 1.54) is 0 Å². The molecule has 0 bridgehead atoms. The van der Waals surface area contributed by atoms with Crippen molar-refractivity contribution in [2.24, 2.45) is 4.99 Å². The van der Waals surface area contributed by atoms with E-state index in [2.05, 4.69) is 32.6 Å². The lowest BCUT2D eigenvalue weighted by Crippen LogP contribution is -2.44. The van der Waals surface area contributed by atoms with Crippen LogP contribution in [0.25, 0.3) is 0 Å². The van der Waals surface area contributed by atoms with E-state index in [4.69, 9.17) is 9.26 Å². The summed E-state index contributed by atoms with van der Waals surface area (Å²) >= 11 is 0. The summed E-state index contributed by atoms with van der Waals surface area (Å²) in [6.45, 7) is 10.2. The summed E-state index contributed by atoms with van der Waals surface area (Å²) in [6, 6.07) is 0. The first kappa shape index (κ1) is 26.6. The maximum Gasteiger partial charge on any atom is 0.241 e. The molecule has 1 aliphatic heterocycles. The van der Waals surface area contributed by atoms with Gasteiger partial charge in [-0.05, 0) is 19.4 Å². The van der Waals surface area contributed by atoms with Crippen LogP contribution in [0.1, 0.15) is 37.3 Å². The number of hydrogen-bond acceptors (Lipinski definition) is 6. The molecule has 0 unspecified atom stereocenters. The summed E-state index contributed by atoms with van der Waals surface area (Å²) in [5, 5.41) is 10.6. The molecule has 1 amide bonds. The Balaban J connectivity index is 0.00000450. The third-order valence-electron chi connectivity index (χ3n) is 4.96. The van der Waals surface area contributed by atoms with Gasteiger partial charge >= 0.3 is 0 Å². The normalized spacial score (nSPS) is 14.9. The van der Waals surface area contributed by atoms with Crippen molar-refractivity contribution in [1.82, 2.24) is 25.6 Å². The van der Waals surface area contributed by atoms with Gasteiger partial charge in [-0.15, -0.1) is 24.0 Å². The second-order valence-electron chi connectivity index (χ2n) is 7.28. The van der Waals surface area contributed by atoms with E-state index >= 15 is 0 Å². The highest BCUT2D eigenvalue weighted by Gasteiger charge is 2.14. The zero-order valence-electron chi connectivity index (χ0n) is 18.7. The highest BCUT2D eigenvalue weighted by Crippen LogP contribution is 2.16. The predicted octanol–water partition coefficient (Wildman–Crippen LogP) is 1.26. The monoisotopic (exact) mass is 536 g/mol. The molecular weight excluding hydrogens is 499 g/mol. The van der Waals surface area contributed by atoms with Gasteiger partial charge in [0, 0.05) is 45.7 Å². The molecule has 1 aliphatic rings. The van der Waals surface area contributed by atoms with Crippen LogP contribution in [0.15, 0.2) is 9.52 Å². The SMILES string of the molecule is CCc1noc(CC)c1CN=C(NCCCN1CCOCC1)NCC(=O)N(C)C.I. The Morgan fingerprint density at radius 2 is 1.93 bits per heavy atom. The van der Waals surface area contributed by atoms with Crippen molar-refractivity contribution in [2.45, 2.75) is 39.7 Å². The Morgan fingerprint density at radius 1 is 1.20 bits per heavy atom. The number of hydrogen-bond donors (Lipinski definition) is 2. The second kappa shape index (κ2) is 14.6. The minimum atomic E-state index is 0. The lowest BCUT2D eigenvalue weighted by Gasteiger charge is -2.26. The van der Waals surface area contributed by atoms with Gasteiger partial charge in [0.1, 0.15) is 5.76 Å². The van der Waals surface area contributed by atoms with Crippen molar-refractivity contribution < 1.29 is 14.1 Å². The molecule has 1 aromatic heterocycles. The van der Waals surface area contributed by atoms with Gasteiger partial charge in [-0.3, -0.25) is 9.69 Å². The maximum absolute atomic E-state index is 12.0. The fraction of sp³-hybridized carbons (Fsp3) is 0.750. The molecule has 0 saturated carbocycles. The van der Waals surface area contributed by atoms with E-state index in [0.717, 1.165) is 75.7 Å². The number of halogens is 1. The molecule has 9 nitrogen and oxygen atoms in total. The topological polar surface area (TPSA) is 95.2 Å². The average Bonchev–Trinajstić information content (AvgIpc) is 3.14. The molecule has 2 N–H and O–H groups in total. The standard InChI is InChI=1S/C20H36N6O3.HI/c1-5-17-16(18(6-2)29-24-17)14-22-20(23-15-19(27)25(3)4)21-8-7-9-26-10-12-28-13-11-26;/h5-15H2,1-4H3,(H2,21,22,23);1H. The lowest BCUT2D eigenvalue weighted by molar-refractivity contribution is -0.127. The first-order chi connectivity index (χ1) is 14.0. The fourth-order valence-corrected chi connectivity index (χ4v) is 3.10. The third-order valence-corrected chi connectivity index (χ3v) is 4.96. The largest absolute Gasteiger partial charge is 0.379 e. The number of aryl methyl sites for hydroxylation is 2. The van der Waals surface area contributed by atoms with Crippen LogP contribution in [-0.2, 0) is 28.9 Å². The quantitative estimate of drug-likeness (QED) is 0.201. The second-order valence-corrected chi connectivity index (χ2v) is 7.28. The van der Waals surface area contributed by atoms with E-state index in [9.17, 15) is 4.79 Å². The number of amides is 1. The molecule has 0 spiro atoms. The number of likely N-dealkylation sites (N-methyl/N-ethyl adjacent to an activating group) is 1. The molecule has 172 valence electrons. The first-order valence-corrected chi connectivity index (χ1v) is 10.5. The number of nitrogens with one attached hydrogen (secondary N) is 2. The summed E-state index contributed by atoms with van der Waals surface area (Å²) in [6.07, 6.45) is 2.59. The molecule has 1 aromatic rings. The number of rotatable bonds is 10. The number of aliphatic imine (C=N–C) groups is 1. The Bertz CT molecular complexity index is 637. The summed E-state index contributed by atoms with van der Waals surface area (Å²) in [4.78, 5) is 20.6. The van der Waals surface area contributed by atoms with Crippen LogP contribution in [0.4, 0.5) is 0 Å². The third kappa shape index (κ3) is 8.76. The fourth-order valence-electron chi connectivity index (χ4n) is 3.10. The van der Waals surface area contributed by atoms with E-state index in [1.807, 2.05) is 6.92 Å². The van der Waals surface area contributed by atoms with Crippen LogP contribution in [0.2, 0.25) is 0 Å². The molecule has 0 radical (unpaired) electrons. The van der Waals surface area contributed by atoms with E-state index in [1.54, 1.807) is 19.0 Å². The molecule has 2 rings (SSSR count). The van der Waals surface area contributed by atoms with Gasteiger partial charge in [-0.2, -0.15) is 0 Å². The van der Waals surface area contributed by atoms with Gasteiger partial charge in [-0.1, -0.05) is 19.0 Å². The minimum absolute atomic E-state index is 0. The molecule has 2 heterocycles. The number of carbonyl (C=O) groups excluding carboxylic acids is 1. The van der Waals surface area contributed by atoms with Crippen molar-refractivity contribution in [3.8, 4) is 0 Å². The Labute approximate surface area is 197 Å². The minimum Gasteiger partial charge on any atom is -0.379 e. The van der Waals surface area contributed by atoms with E-state index in [0.29, 0.717) is 12.5 Å². The van der Waals surface area contributed by atoms with Crippen LogP contribution >= 0.6 is 24.0 Å². The van der Waals surface area contributed by atoms with Crippen LogP contribution in [-0.4, -0.2) is 86.9 Å². The lowest BCUT2D eigenvalue weighted by atomic mass is 10.1. The molecule has 0 aliphatic carbocycles. The van der Waals surface area contributed by atoms with Crippen molar-refractivity contribution in [3.63, 3.8) is 0 Å². The van der Waals surface area contributed by atoms with Gasteiger partial charge in [0.05, 0.1) is 32.0 Å². The predicted molar refractivity (Wildman–Crippen MR) is 128 cm³/mol. The highest BCUT2D eigenvalue weighted by atomic mass is 127. The Kier molecular flexibility index (Phi) is 12.9. The zero-order valence-corrected chi connectivity index (χ0v) is 21.0. The molecule has 1 saturated heterocycles. The molecule has 0 atom stereocenters. The first-order valence-electron chi connectivity index (χ1n) is 10.5. The van der Waals surface area contributed by atoms with Gasteiger partial charge < -0.3 is 24.8 Å².